The monoisotopic (exact) mass is 332 g/mol. The van der Waals surface area contributed by atoms with Gasteiger partial charge in [0.15, 0.2) is 6.04 Å². The molecule has 0 radical (unpaired) electrons. The fraction of sp³-hybridized carbons (Fsp3) is 0.312. The number of carbonyl (C=O) groups is 2. The molecule has 0 N–H and O–H groups in total. The molecule has 0 aromatic carbocycles. The van der Waals surface area contributed by atoms with Gasteiger partial charge in [-0.05, 0) is 35.6 Å². The number of methoxy groups -OCH3 is 1. The molecule has 0 aliphatic carbocycles. The van der Waals surface area contributed by atoms with Crippen molar-refractivity contribution in [2.45, 2.75) is 12.5 Å². The predicted molar refractivity (Wildman–Crippen MR) is 85.5 cm³/mol. The van der Waals surface area contributed by atoms with E-state index in [0.717, 1.165) is 10.4 Å². The second kappa shape index (κ2) is 6.00. The molecule has 7 heteroatoms. The number of pyridine rings is 1. The zero-order chi connectivity index (χ0) is 16.6. The van der Waals surface area contributed by atoms with Crippen LogP contribution in [0, 0.1) is 0 Å². The van der Waals surface area contributed by atoms with Gasteiger partial charge >= 0.3 is 5.97 Å². The largest absolute Gasteiger partial charge is 0.467 e. The molecular formula is C16H16N2O4S. The summed E-state index contributed by atoms with van der Waals surface area (Å²) in [4.78, 5) is 39.8. The number of aromatic nitrogens is 1. The van der Waals surface area contributed by atoms with Crippen molar-refractivity contribution in [1.82, 2.24) is 9.47 Å². The fourth-order valence-corrected chi connectivity index (χ4v) is 3.72. The molecular weight excluding hydrogens is 316 g/mol. The Bertz CT molecular complexity index is 823. The van der Waals surface area contributed by atoms with Crippen molar-refractivity contribution in [1.29, 1.82) is 0 Å². The Hall–Kier alpha value is -2.41. The third-order valence-corrected chi connectivity index (χ3v) is 5.00. The first-order valence-corrected chi connectivity index (χ1v) is 8.03. The van der Waals surface area contributed by atoms with Crippen molar-refractivity contribution in [3.63, 3.8) is 0 Å². The molecule has 6 nitrogen and oxygen atoms in total. The van der Waals surface area contributed by atoms with Crippen LogP contribution in [-0.2, 0) is 23.0 Å². The molecule has 120 valence electrons. The van der Waals surface area contributed by atoms with Crippen LogP contribution in [-0.4, -0.2) is 35.0 Å². The van der Waals surface area contributed by atoms with E-state index in [0.29, 0.717) is 13.0 Å². The molecule has 3 heterocycles. The smallest absolute Gasteiger partial charge is 0.333 e. The third kappa shape index (κ3) is 2.57. The predicted octanol–water partition coefficient (Wildman–Crippen LogP) is 1.36. The topological polar surface area (TPSA) is 68.6 Å². The van der Waals surface area contributed by atoms with E-state index in [4.69, 9.17) is 4.74 Å². The van der Waals surface area contributed by atoms with Crippen molar-refractivity contribution in [3.05, 3.63) is 56.1 Å². The Kier molecular flexibility index (Phi) is 4.04. The molecule has 23 heavy (non-hydrogen) atoms. The maximum atomic E-state index is 12.8. The van der Waals surface area contributed by atoms with Gasteiger partial charge in [-0.2, -0.15) is 0 Å². The van der Waals surface area contributed by atoms with E-state index < -0.39 is 17.9 Å². The van der Waals surface area contributed by atoms with E-state index in [1.54, 1.807) is 30.6 Å². The van der Waals surface area contributed by atoms with Crippen molar-refractivity contribution in [2.24, 2.45) is 7.05 Å². The van der Waals surface area contributed by atoms with E-state index in [9.17, 15) is 14.4 Å². The summed E-state index contributed by atoms with van der Waals surface area (Å²) in [5.41, 5.74) is 0.467. The number of fused-ring (bicyclic) bond motifs is 1. The summed E-state index contributed by atoms with van der Waals surface area (Å²) in [5.74, 6) is -0.941. The van der Waals surface area contributed by atoms with Crippen LogP contribution in [0.15, 0.2) is 34.6 Å². The van der Waals surface area contributed by atoms with Gasteiger partial charge in [-0.1, -0.05) is 0 Å². The van der Waals surface area contributed by atoms with E-state index in [1.807, 2.05) is 11.4 Å². The lowest BCUT2D eigenvalue weighted by Crippen LogP contribution is -2.45. The number of thiophene rings is 1. The van der Waals surface area contributed by atoms with Gasteiger partial charge in [0.2, 0.25) is 0 Å². The Morgan fingerprint density at radius 2 is 2.13 bits per heavy atom. The number of nitrogens with zero attached hydrogens (tertiary/aromatic N) is 2. The Labute approximate surface area is 136 Å². The third-order valence-electron chi connectivity index (χ3n) is 4.00. The van der Waals surface area contributed by atoms with Crippen LogP contribution in [0.1, 0.15) is 26.8 Å². The summed E-state index contributed by atoms with van der Waals surface area (Å²) >= 11 is 1.56. The Morgan fingerprint density at radius 3 is 2.87 bits per heavy atom. The zero-order valence-corrected chi connectivity index (χ0v) is 13.6. The lowest BCUT2D eigenvalue weighted by Gasteiger charge is -2.33. The molecule has 0 saturated carbocycles. The first-order valence-electron chi connectivity index (χ1n) is 7.15. The minimum Gasteiger partial charge on any atom is -0.467 e. The average molecular weight is 332 g/mol. The quantitative estimate of drug-likeness (QED) is 0.779. The van der Waals surface area contributed by atoms with Gasteiger partial charge in [0, 0.05) is 24.7 Å². The maximum absolute atomic E-state index is 12.8. The minimum atomic E-state index is -0.799. The van der Waals surface area contributed by atoms with Gasteiger partial charge in [0.05, 0.1) is 7.11 Å². The van der Waals surface area contributed by atoms with E-state index in [-0.39, 0.29) is 11.1 Å². The average Bonchev–Trinajstić information content (AvgIpc) is 3.03. The maximum Gasteiger partial charge on any atom is 0.333 e. The minimum absolute atomic E-state index is 0.0579. The number of hydrogen-bond acceptors (Lipinski definition) is 5. The van der Waals surface area contributed by atoms with Gasteiger partial charge in [0.25, 0.3) is 11.5 Å². The number of rotatable bonds is 2. The first kappa shape index (κ1) is 15.5. The van der Waals surface area contributed by atoms with Crippen LogP contribution in [0.5, 0.6) is 0 Å². The highest BCUT2D eigenvalue weighted by Crippen LogP contribution is 2.34. The van der Waals surface area contributed by atoms with Gasteiger partial charge in [0.1, 0.15) is 5.56 Å². The highest BCUT2D eigenvalue weighted by atomic mass is 32.1. The number of aryl methyl sites for hydroxylation is 1. The fourth-order valence-electron chi connectivity index (χ4n) is 2.82. The second-order valence-electron chi connectivity index (χ2n) is 5.31. The molecule has 2 aromatic heterocycles. The molecule has 0 bridgehead atoms. The summed E-state index contributed by atoms with van der Waals surface area (Å²) in [6, 6.07) is 4.17. The van der Waals surface area contributed by atoms with Crippen molar-refractivity contribution in [2.75, 3.05) is 13.7 Å². The van der Waals surface area contributed by atoms with Crippen molar-refractivity contribution in [3.8, 4) is 0 Å². The molecule has 3 rings (SSSR count). The van der Waals surface area contributed by atoms with Crippen LogP contribution >= 0.6 is 11.3 Å². The molecule has 1 unspecified atom stereocenters. The Balaban J connectivity index is 2.04. The summed E-state index contributed by atoms with van der Waals surface area (Å²) in [5, 5.41) is 1.90. The van der Waals surface area contributed by atoms with Crippen molar-refractivity contribution < 1.29 is 14.3 Å². The van der Waals surface area contributed by atoms with Gasteiger partial charge in [-0.25, -0.2) is 4.79 Å². The number of hydrogen-bond donors (Lipinski definition) is 0. The summed E-state index contributed by atoms with van der Waals surface area (Å²) in [6.07, 6.45) is 2.25. The highest BCUT2D eigenvalue weighted by Gasteiger charge is 2.38. The number of carbonyl (C=O) groups excluding carboxylic acids is 2. The van der Waals surface area contributed by atoms with Crippen LogP contribution in [0.2, 0.25) is 0 Å². The van der Waals surface area contributed by atoms with Crippen molar-refractivity contribution >= 4 is 23.2 Å². The molecule has 2 aromatic rings. The lowest BCUT2D eigenvalue weighted by molar-refractivity contribution is -0.146. The normalized spacial score (nSPS) is 16.8. The number of ether oxygens (including phenoxy) is 1. The van der Waals surface area contributed by atoms with Gasteiger partial charge in [-0.15, -0.1) is 11.3 Å². The van der Waals surface area contributed by atoms with Crippen LogP contribution < -0.4 is 5.56 Å². The summed E-state index contributed by atoms with van der Waals surface area (Å²) < 4.78 is 6.22. The molecule has 0 saturated heterocycles. The van der Waals surface area contributed by atoms with Gasteiger partial charge in [-0.3, -0.25) is 9.59 Å². The van der Waals surface area contributed by atoms with E-state index in [2.05, 4.69) is 0 Å². The lowest BCUT2D eigenvalue weighted by atomic mass is 9.99. The zero-order valence-electron chi connectivity index (χ0n) is 12.8. The van der Waals surface area contributed by atoms with E-state index >= 15 is 0 Å². The molecule has 1 atom stereocenters. The Morgan fingerprint density at radius 1 is 1.35 bits per heavy atom. The van der Waals surface area contributed by atoms with Crippen LogP contribution in [0.4, 0.5) is 0 Å². The standard InChI is InChI=1S/C16H16N2O4S/c1-17-7-3-4-11(14(17)19)15(20)18-8-5-12-10(6-9-23-12)13(18)16(21)22-2/h3-4,6-7,9,13H,5,8H2,1-2H3. The summed E-state index contributed by atoms with van der Waals surface area (Å²) in [7, 11) is 2.89. The number of esters is 1. The van der Waals surface area contributed by atoms with Crippen LogP contribution in [0.3, 0.4) is 0 Å². The second-order valence-corrected chi connectivity index (χ2v) is 6.31. The highest BCUT2D eigenvalue weighted by molar-refractivity contribution is 7.10. The molecule has 1 aliphatic heterocycles. The first-order chi connectivity index (χ1) is 11.0. The number of amides is 1. The van der Waals surface area contributed by atoms with E-state index in [1.165, 1.54) is 22.6 Å². The molecule has 1 aliphatic rings. The van der Waals surface area contributed by atoms with Crippen LogP contribution in [0.25, 0.3) is 0 Å². The van der Waals surface area contributed by atoms with Gasteiger partial charge < -0.3 is 14.2 Å². The molecule has 0 fully saturated rings. The molecule has 0 spiro atoms. The summed E-state index contributed by atoms with van der Waals surface area (Å²) in [6.45, 7) is 0.379. The molecule has 1 amide bonds. The SMILES string of the molecule is COC(=O)C1c2ccsc2CCN1C(=O)c1cccn(C)c1=O.